The number of aryl methyl sites for hydroxylation is 1. The van der Waals surface area contributed by atoms with Crippen molar-refractivity contribution in [2.45, 2.75) is 26.8 Å². The Balaban J connectivity index is 1.90. The van der Waals surface area contributed by atoms with Crippen molar-refractivity contribution in [3.8, 4) is 0 Å². The number of amides is 1. The number of thiophene rings is 1. The zero-order valence-corrected chi connectivity index (χ0v) is 12.6. The molecule has 2 aromatic rings. The van der Waals surface area contributed by atoms with E-state index in [1.807, 2.05) is 13.0 Å². The molecule has 106 valence electrons. The summed E-state index contributed by atoms with van der Waals surface area (Å²) in [5, 5.41) is 10.2. The van der Waals surface area contributed by atoms with Crippen molar-refractivity contribution < 1.29 is 4.79 Å². The maximum Gasteiger partial charge on any atom is 0.253 e. The van der Waals surface area contributed by atoms with Crippen LogP contribution in [0.5, 0.6) is 0 Å². The van der Waals surface area contributed by atoms with Crippen molar-refractivity contribution in [2.75, 3.05) is 11.9 Å². The van der Waals surface area contributed by atoms with Crippen molar-refractivity contribution in [2.24, 2.45) is 0 Å². The summed E-state index contributed by atoms with van der Waals surface area (Å²) in [4.78, 5) is 16.2. The normalized spacial score (nSPS) is 10.3. The van der Waals surface area contributed by atoms with E-state index in [9.17, 15) is 4.79 Å². The zero-order valence-electron chi connectivity index (χ0n) is 11.8. The Hall–Kier alpha value is -1.88. The Morgan fingerprint density at radius 2 is 2.20 bits per heavy atom. The Bertz CT molecular complexity index is 563. The van der Waals surface area contributed by atoms with Gasteiger partial charge < -0.3 is 10.6 Å². The number of nitrogens with zero attached hydrogens (tertiary/aromatic N) is 1. The average molecular weight is 289 g/mol. The number of carbonyl (C=O) groups is 1. The minimum absolute atomic E-state index is 0.0925. The first-order chi connectivity index (χ1) is 9.70. The van der Waals surface area contributed by atoms with Gasteiger partial charge in [0.25, 0.3) is 5.91 Å². The summed E-state index contributed by atoms with van der Waals surface area (Å²) in [5.41, 5.74) is 2.96. The Kier molecular flexibility index (Phi) is 5.12. The van der Waals surface area contributed by atoms with Crippen LogP contribution in [-0.4, -0.2) is 17.4 Å². The van der Waals surface area contributed by atoms with Crippen LogP contribution in [-0.2, 0) is 6.54 Å². The number of rotatable bonds is 6. The van der Waals surface area contributed by atoms with Gasteiger partial charge in [-0.1, -0.05) is 6.92 Å². The molecule has 1 amide bonds. The number of pyridine rings is 1. The fourth-order valence-electron chi connectivity index (χ4n) is 1.73. The van der Waals surface area contributed by atoms with Crippen LogP contribution in [0.15, 0.2) is 29.1 Å². The van der Waals surface area contributed by atoms with E-state index >= 15 is 0 Å². The summed E-state index contributed by atoms with van der Waals surface area (Å²) < 4.78 is 0. The third-order valence-electron chi connectivity index (χ3n) is 2.98. The highest BCUT2D eigenvalue weighted by Crippen LogP contribution is 2.13. The monoisotopic (exact) mass is 289 g/mol. The quantitative estimate of drug-likeness (QED) is 0.858. The molecule has 4 nitrogen and oxygen atoms in total. The van der Waals surface area contributed by atoms with Crippen LogP contribution in [0.1, 0.15) is 34.8 Å². The van der Waals surface area contributed by atoms with Crippen molar-refractivity contribution in [3.63, 3.8) is 0 Å². The summed E-state index contributed by atoms with van der Waals surface area (Å²) in [6, 6.07) is 3.63. The molecule has 2 aromatic heterocycles. The molecule has 2 heterocycles. The maximum absolute atomic E-state index is 12.0. The van der Waals surface area contributed by atoms with Gasteiger partial charge in [0, 0.05) is 19.3 Å². The van der Waals surface area contributed by atoms with Gasteiger partial charge in [-0.25, -0.2) is 4.98 Å². The number of aromatic nitrogens is 1. The molecule has 0 spiro atoms. The standard InChI is InChI=1S/C15H19N3OS/c1-3-6-16-14-5-4-12(7-17-14)15(19)18-8-13-10-20-9-11(13)2/h4-5,7,9-10H,3,6,8H2,1-2H3,(H,16,17)(H,18,19). The molecular formula is C15H19N3OS. The van der Waals surface area contributed by atoms with E-state index in [-0.39, 0.29) is 5.91 Å². The maximum atomic E-state index is 12.0. The van der Waals surface area contributed by atoms with Gasteiger partial charge in [0.1, 0.15) is 5.82 Å². The topological polar surface area (TPSA) is 54.0 Å². The molecule has 20 heavy (non-hydrogen) atoms. The molecule has 0 aliphatic heterocycles. The second-order valence-corrected chi connectivity index (χ2v) is 5.37. The Morgan fingerprint density at radius 1 is 1.35 bits per heavy atom. The molecule has 2 rings (SSSR count). The average Bonchev–Trinajstić information content (AvgIpc) is 2.88. The summed E-state index contributed by atoms with van der Waals surface area (Å²) in [5.74, 6) is 0.710. The van der Waals surface area contributed by atoms with Gasteiger partial charge in [0.2, 0.25) is 0 Å². The SMILES string of the molecule is CCCNc1ccc(C(=O)NCc2cscc2C)cn1. The van der Waals surface area contributed by atoms with E-state index in [1.54, 1.807) is 23.6 Å². The molecular weight excluding hydrogens is 270 g/mol. The molecule has 0 radical (unpaired) electrons. The van der Waals surface area contributed by atoms with Gasteiger partial charge in [-0.2, -0.15) is 11.3 Å². The summed E-state index contributed by atoms with van der Waals surface area (Å²) in [6.07, 6.45) is 2.65. The number of anilines is 1. The molecule has 0 aromatic carbocycles. The molecule has 5 heteroatoms. The summed E-state index contributed by atoms with van der Waals surface area (Å²) >= 11 is 1.65. The third kappa shape index (κ3) is 3.81. The highest BCUT2D eigenvalue weighted by molar-refractivity contribution is 7.08. The number of carbonyl (C=O) groups excluding carboxylic acids is 1. The van der Waals surface area contributed by atoms with Crippen molar-refractivity contribution >= 4 is 23.1 Å². The fraction of sp³-hybridized carbons (Fsp3) is 0.333. The van der Waals surface area contributed by atoms with Gasteiger partial charge in [0.15, 0.2) is 0 Å². The highest BCUT2D eigenvalue weighted by Gasteiger charge is 2.07. The molecule has 0 atom stereocenters. The van der Waals surface area contributed by atoms with Crippen LogP contribution in [0.3, 0.4) is 0 Å². The minimum Gasteiger partial charge on any atom is -0.370 e. The van der Waals surface area contributed by atoms with E-state index in [0.29, 0.717) is 12.1 Å². The summed E-state index contributed by atoms with van der Waals surface area (Å²) in [6.45, 7) is 5.59. The first-order valence-electron chi connectivity index (χ1n) is 6.70. The Morgan fingerprint density at radius 3 is 2.80 bits per heavy atom. The van der Waals surface area contributed by atoms with Gasteiger partial charge in [-0.05, 0) is 47.4 Å². The molecule has 0 aliphatic carbocycles. The summed E-state index contributed by atoms with van der Waals surface area (Å²) in [7, 11) is 0. The van der Waals surface area contributed by atoms with E-state index in [0.717, 1.165) is 24.3 Å². The Labute approximate surface area is 123 Å². The van der Waals surface area contributed by atoms with Crippen molar-refractivity contribution in [1.82, 2.24) is 10.3 Å². The van der Waals surface area contributed by atoms with E-state index in [1.165, 1.54) is 5.56 Å². The molecule has 0 saturated carbocycles. The lowest BCUT2D eigenvalue weighted by Gasteiger charge is -2.06. The van der Waals surface area contributed by atoms with Crippen LogP contribution in [0, 0.1) is 6.92 Å². The van der Waals surface area contributed by atoms with Crippen molar-refractivity contribution in [3.05, 3.63) is 45.8 Å². The molecule has 0 saturated heterocycles. The first kappa shape index (κ1) is 14.5. The predicted octanol–water partition coefficient (Wildman–Crippen LogP) is 3.20. The van der Waals surface area contributed by atoms with Crippen LogP contribution in [0.4, 0.5) is 5.82 Å². The van der Waals surface area contributed by atoms with E-state index in [2.05, 4.69) is 33.3 Å². The van der Waals surface area contributed by atoms with Gasteiger partial charge in [-0.15, -0.1) is 0 Å². The van der Waals surface area contributed by atoms with Crippen LogP contribution in [0.25, 0.3) is 0 Å². The van der Waals surface area contributed by atoms with Gasteiger partial charge in [0.05, 0.1) is 5.56 Å². The molecule has 0 unspecified atom stereocenters. The minimum atomic E-state index is -0.0925. The van der Waals surface area contributed by atoms with E-state index in [4.69, 9.17) is 0 Å². The molecule has 2 N–H and O–H groups in total. The zero-order chi connectivity index (χ0) is 14.4. The highest BCUT2D eigenvalue weighted by atomic mass is 32.1. The van der Waals surface area contributed by atoms with Crippen molar-refractivity contribution in [1.29, 1.82) is 0 Å². The lowest BCUT2D eigenvalue weighted by atomic mass is 10.2. The molecule has 0 fully saturated rings. The van der Waals surface area contributed by atoms with Gasteiger partial charge >= 0.3 is 0 Å². The number of hydrogen-bond donors (Lipinski definition) is 2. The van der Waals surface area contributed by atoms with Gasteiger partial charge in [-0.3, -0.25) is 4.79 Å². The first-order valence-corrected chi connectivity index (χ1v) is 7.64. The molecule has 0 aliphatic rings. The van der Waals surface area contributed by atoms with Crippen LogP contribution in [0.2, 0.25) is 0 Å². The fourth-order valence-corrected chi connectivity index (χ4v) is 2.59. The number of hydrogen-bond acceptors (Lipinski definition) is 4. The largest absolute Gasteiger partial charge is 0.370 e. The van der Waals surface area contributed by atoms with E-state index < -0.39 is 0 Å². The van der Waals surface area contributed by atoms with Crippen LogP contribution >= 0.6 is 11.3 Å². The smallest absolute Gasteiger partial charge is 0.253 e. The second-order valence-electron chi connectivity index (χ2n) is 4.62. The number of nitrogens with one attached hydrogen (secondary N) is 2. The lowest BCUT2D eigenvalue weighted by Crippen LogP contribution is -2.23. The third-order valence-corrected chi connectivity index (χ3v) is 3.89. The predicted molar refractivity (Wildman–Crippen MR) is 83.2 cm³/mol. The van der Waals surface area contributed by atoms with Crippen LogP contribution < -0.4 is 10.6 Å². The lowest BCUT2D eigenvalue weighted by molar-refractivity contribution is 0.0950. The second kappa shape index (κ2) is 7.05. The molecule has 0 bridgehead atoms.